The second-order valence-corrected chi connectivity index (χ2v) is 4.28. The van der Waals surface area contributed by atoms with Gasteiger partial charge in [0.15, 0.2) is 5.84 Å². The van der Waals surface area contributed by atoms with Gasteiger partial charge < -0.3 is 5.32 Å². The highest BCUT2D eigenvalue weighted by atomic mass is 16.2. The van der Waals surface area contributed by atoms with Crippen LogP contribution in [-0.4, -0.2) is 22.8 Å². The van der Waals surface area contributed by atoms with Crippen molar-refractivity contribution in [2.24, 2.45) is 4.99 Å². The summed E-state index contributed by atoms with van der Waals surface area (Å²) >= 11 is 0. The van der Waals surface area contributed by atoms with Crippen molar-refractivity contribution in [2.75, 3.05) is 0 Å². The van der Waals surface area contributed by atoms with E-state index in [1.54, 1.807) is 0 Å². The zero-order valence-electron chi connectivity index (χ0n) is 10.1. The van der Waals surface area contributed by atoms with Gasteiger partial charge in [0.25, 0.3) is 0 Å². The Morgan fingerprint density at radius 1 is 1.22 bits per heavy atom. The maximum Gasteiger partial charge on any atom is 0.250 e. The first-order valence-electron chi connectivity index (χ1n) is 6.03. The number of aromatic nitrogens is 1. The van der Waals surface area contributed by atoms with Crippen LogP contribution in [0, 0.1) is 0 Å². The molecule has 18 heavy (non-hydrogen) atoms. The average Bonchev–Trinajstić information content (AvgIpc) is 2.79. The summed E-state index contributed by atoms with van der Waals surface area (Å²) in [7, 11) is 0. The summed E-state index contributed by atoms with van der Waals surface area (Å²) in [6, 6.07) is 11.5. The molecule has 0 fully saturated rings. The molecule has 1 aromatic carbocycles. The molecule has 0 aliphatic carbocycles. The summed E-state index contributed by atoms with van der Waals surface area (Å²) in [5, 5.41) is 3.87. The first kappa shape index (κ1) is 10.9. The summed E-state index contributed by atoms with van der Waals surface area (Å²) in [5.41, 5.74) is 1.63. The number of hydrogen-bond acceptors (Lipinski definition) is 3. The van der Waals surface area contributed by atoms with E-state index in [0.29, 0.717) is 12.3 Å². The fourth-order valence-corrected chi connectivity index (χ4v) is 2.05. The molecule has 1 unspecified atom stereocenters. The van der Waals surface area contributed by atoms with Gasteiger partial charge in [-0.25, -0.2) is 4.98 Å². The molecule has 0 saturated heterocycles. The summed E-state index contributed by atoms with van der Waals surface area (Å²) in [6.07, 6.45) is 0.711. The van der Waals surface area contributed by atoms with E-state index in [4.69, 9.17) is 0 Å². The zero-order chi connectivity index (χ0) is 12.5. The molecule has 2 aromatic rings. The Morgan fingerprint density at radius 2 is 2.06 bits per heavy atom. The van der Waals surface area contributed by atoms with Gasteiger partial charge in [0.1, 0.15) is 11.7 Å². The van der Waals surface area contributed by atoms with Gasteiger partial charge in [-0.3, -0.25) is 9.79 Å². The van der Waals surface area contributed by atoms with Crippen molar-refractivity contribution in [3.63, 3.8) is 0 Å². The average molecular weight is 239 g/mol. The van der Waals surface area contributed by atoms with Crippen LogP contribution < -0.4 is 5.32 Å². The number of pyridine rings is 1. The Labute approximate surface area is 105 Å². The summed E-state index contributed by atoms with van der Waals surface area (Å²) in [5.74, 6) is 0.542. The Balaban J connectivity index is 2.03. The lowest BCUT2D eigenvalue weighted by atomic mass is 10.2. The second-order valence-electron chi connectivity index (χ2n) is 4.28. The lowest BCUT2D eigenvalue weighted by Crippen LogP contribution is -2.29. The topological polar surface area (TPSA) is 54.4 Å². The van der Waals surface area contributed by atoms with Crippen molar-refractivity contribution in [2.45, 2.75) is 19.4 Å². The number of carbonyl (C=O) groups excluding carboxylic acids is 1. The number of hydrogen-bond donors (Lipinski definition) is 1. The van der Waals surface area contributed by atoms with Gasteiger partial charge in [-0.1, -0.05) is 31.2 Å². The molecule has 1 aliphatic heterocycles. The van der Waals surface area contributed by atoms with Gasteiger partial charge >= 0.3 is 0 Å². The lowest BCUT2D eigenvalue weighted by Gasteiger charge is -2.02. The Hall–Kier alpha value is -2.23. The number of benzene rings is 1. The molecule has 90 valence electrons. The van der Waals surface area contributed by atoms with E-state index < -0.39 is 0 Å². The number of nitrogens with one attached hydrogen (secondary N) is 1. The molecule has 3 rings (SSSR count). The fourth-order valence-electron chi connectivity index (χ4n) is 2.05. The van der Waals surface area contributed by atoms with Crippen molar-refractivity contribution in [1.82, 2.24) is 10.3 Å². The minimum atomic E-state index is -0.270. The number of rotatable bonds is 2. The number of carbonyl (C=O) groups is 1. The molecule has 1 amide bonds. The maximum absolute atomic E-state index is 11.6. The Bertz CT molecular complexity index is 648. The highest BCUT2D eigenvalue weighted by molar-refractivity contribution is 6.13. The third-order valence-corrected chi connectivity index (χ3v) is 3.06. The monoisotopic (exact) mass is 239 g/mol. The largest absolute Gasteiger partial charge is 0.307 e. The number of nitrogens with zero attached hydrogens (tertiary/aromatic N) is 2. The van der Waals surface area contributed by atoms with Gasteiger partial charge in [-0.2, -0.15) is 0 Å². The van der Waals surface area contributed by atoms with Crippen LogP contribution in [0.5, 0.6) is 0 Å². The molecule has 1 atom stereocenters. The highest BCUT2D eigenvalue weighted by Gasteiger charge is 2.25. The van der Waals surface area contributed by atoms with Crippen LogP contribution in [0.4, 0.5) is 0 Å². The van der Waals surface area contributed by atoms with E-state index in [-0.39, 0.29) is 11.9 Å². The quantitative estimate of drug-likeness (QED) is 0.870. The molecular weight excluding hydrogens is 226 g/mol. The van der Waals surface area contributed by atoms with Crippen molar-refractivity contribution < 1.29 is 4.79 Å². The van der Waals surface area contributed by atoms with Crippen LogP contribution in [-0.2, 0) is 4.79 Å². The molecule has 0 bridgehead atoms. The molecule has 0 spiro atoms. The second kappa shape index (κ2) is 4.22. The molecular formula is C14H13N3O. The van der Waals surface area contributed by atoms with Gasteiger partial charge in [0.05, 0.1) is 5.52 Å². The first-order chi connectivity index (χ1) is 8.78. The fraction of sp³-hybridized carbons (Fsp3) is 0.214. The van der Waals surface area contributed by atoms with Gasteiger partial charge in [-0.05, 0) is 18.6 Å². The molecule has 1 N–H and O–H groups in total. The SMILES string of the molecule is CCC1N=C(c2ccc3ccccc3n2)NC1=O. The van der Waals surface area contributed by atoms with E-state index in [2.05, 4.69) is 15.3 Å². The zero-order valence-corrected chi connectivity index (χ0v) is 10.1. The van der Waals surface area contributed by atoms with E-state index >= 15 is 0 Å². The lowest BCUT2D eigenvalue weighted by molar-refractivity contribution is -0.120. The summed E-state index contributed by atoms with van der Waals surface area (Å²) in [4.78, 5) is 20.5. The van der Waals surface area contributed by atoms with E-state index in [0.717, 1.165) is 16.6 Å². The molecule has 2 heterocycles. The molecule has 0 radical (unpaired) electrons. The van der Waals surface area contributed by atoms with Crippen LogP contribution in [0.2, 0.25) is 0 Å². The Kier molecular flexibility index (Phi) is 2.55. The highest BCUT2D eigenvalue weighted by Crippen LogP contribution is 2.14. The third kappa shape index (κ3) is 1.76. The number of amidine groups is 1. The van der Waals surface area contributed by atoms with Crippen LogP contribution in [0.15, 0.2) is 41.4 Å². The van der Waals surface area contributed by atoms with Gasteiger partial charge in [-0.15, -0.1) is 0 Å². The number of fused-ring (bicyclic) bond motifs is 1. The standard InChI is InChI=1S/C14H13N3O/c1-2-10-14(18)17-13(16-10)12-8-7-9-5-3-4-6-11(9)15-12/h3-8,10H,2H2,1H3,(H,16,17,18). The molecule has 0 saturated carbocycles. The number of amides is 1. The molecule has 1 aliphatic rings. The summed E-state index contributed by atoms with van der Waals surface area (Å²) < 4.78 is 0. The number of para-hydroxylation sites is 1. The van der Waals surface area contributed by atoms with E-state index in [1.807, 2.05) is 43.3 Å². The van der Waals surface area contributed by atoms with Crippen molar-refractivity contribution in [1.29, 1.82) is 0 Å². The van der Waals surface area contributed by atoms with Crippen LogP contribution in [0.25, 0.3) is 10.9 Å². The third-order valence-electron chi connectivity index (χ3n) is 3.06. The van der Waals surface area contributed by atoms with Crippen LogP contribution >= 0.6 is 0 Å². The Morgan fingerprint density at radius 3 is 2.83 bits per heavy atom. The van der Waals surface area contributed by atoms with Gasteiger partial charge in [0, 0.05) is 5.39 Å². The van der Waals surface area contributed by atoms with Crippen molar-refractivity contribution >= 4 is 22.6 Å². The predicted octanol–water partition coefficient (Wildman–Crippen LogP) is 1.89. The van der Waals surface area contributed by atoms with E-state index in [1.165, 1.54) is 0 Å². The molecule has 4 heteroatoms. The van der Waals surface area contributed by atoms with Crippen molar-refractivity contribution in [3.8, 4) is 0 Å². The molecule has 4 nitrogen and oxygen atoms in total. The maximum atomic E-state index is 11.6. The minimum absolute atomic E-state index is 0.0394. The van der Waals surface area contributed by atoms with Crippen LogP contribution in [0.1, 0.15) is 19.0 Å². The first-order valence-corrected chi connectivity index (χ1v) is 6.03. The number of aliphatic imine (C=N–C) groups is 1. The predicted molar refractivity (Wildman–Crippen MR) is 70.5 cm³/mol. The van der Waals surface area contributed by atoms with E-state index in [9.17, 15) is 4.79 Å². The van der Waals surface area contributed by atoms with Crippen molar-refractivity contribution in [3.05, 3.63) is 42.1 Å². The van der Waals surface area contributed by atoms with Crippen LogP contribution in [0.3, 0.4) is 0 Å². The smallest absolute Gasteiger partial charge is 0.250 e. The van der Waals surface area contributed by atoms with Gasteiger partial charge in [0.2, 0.25) is 5.91 Å². The normalized spacial score (nSPS) is 18.8. The molecule has 1 aromatic heterocycles. The summed E-state index contributed by atoms with van der Waals surface area (Å²) in [6.45, 7) is 1.95. The minimum Gasteiger partial charge on any atom is -0.307 e.